The van der Waals surface area contributed by atoms with Crippen molar-refractivity contribution in [3.05, 3.63) is 12.7 Å². The molecule has 5 nitrogen and oxygen atoms in total. The summed E-state index contributed by atoms with van der Waals surface area (Å²) in [5, 5.41) is 11.9. The molecule has 0 saturated carbocycles. The van der Waals surface area contributed by atoms with Crippen molar-refractivity contribution < 1.29 is 14.7 Å². The van der Waals surface area contributed by atoms with Gasteiger partial charge in [0.05, 0.1) is 0 Å². The maximum absolute atomic E-state index is 12.2. The van der Waals surface area contributed by atoms with Crippen molar-refractivity contribution in [1.82, 2.24) is 10.2 Å². The second-order valence-electron chi connectivity index (χ2n) is 6.00. The van der Waals surface area contributed by atoms with Gasteiger partial charge in [0.15, 0.2) is 0 Å². The Kier molecular flexibility index (Phi) is 7.96. The Morgan fingerprint density at radius 1 is 1.35 bits per heavy atom. The van der Waals surface area contributed by atoms with Crippen molar-refractivity contribution in [3.63, 3.8) is 0 Å². The van der Waals surface area contributed by atoms with E-state index in [1.807, 2.05) is 13.0 Å². The van der Waals surface area contributed by atoms with Gasteiger partial charge in [0.1, 0.15) is 6.04 Å². The van der Waals surface area contributed by atoms with E-state index in [-0.39, 0.29) is 6.03 Å². The van der Waals surface area contributed by atoms with E-state index in [1.165, 1.54) is 0 Å². The van der Waals surface area contributed by atoms with Gasteiger partial charge in [0, 0.05) is 13.1 Å². The number of aliphatic carboxylic acids is 1. The minimum atomic E-state index is -1.01. The number of amides is 2. The van der Waals surface area contributed by atoms with Crippen LogP contribution < -0.4 is 5.32 Å². The van der Waals surface area contributed by atoms with Crippen molar-refractivity contribution in [2.45, 2.75) is 53.0 Å². The fraction of sp³-hybridized carbons (Fsp3) is 0.733. The summed E-state index contributed by atoms with van der Waals surface area (Å²) < 4.78 is 0. The van der Waals surface area contributed by atoms with Crippen molar-refractivity contribution in [1.29, 1.82) is 0 Å². The highest BCUT2D eigenvalue weighted by Gasteiger charge is 2.33. The summed E-state index contributed by atoms with van der Waals surface area (Å²) in [5.74, 6) is -1.01. The van der Waals surface area contributed by atoms with Gasteiger partial charge >= 0.3 is 12.0 Å². The van der Waals surface area contributed by atoms with E-state index in [1.54, 1.807) is 25.7 Å². The average Bonchev–Trinajstić information content (AvgIpc) is 2.33. The Labute approximate surface area is 122 Å². The van der Waals surface area contributed by atoms with Crippen LogP contribution in [0.15, 0.2) is 12.7 Å². The van der Waals surface area contributed by atoms with Gasteiger partial charge in [0.25, 0.3) is 0 Å². The molecule has 2 N–H and O–H groups in total. The quantitative estimate of drug-likeness (QED) is 0.532. The highest BCUT2D eigenvalue weighted by molar-refractivity contribution is 5.83. The molecule has 0 fully saturated rings. The van der Waals surface area contributed by atoms with Gasteiger partial charge in [-0.15, -0.1) is 6.58 Å². The number of nitrogens with zero attached hydrogens (tertiary/aromatic N) is 1. The van der Waals surface area contributed by atoms with Gasteiger partial charge in [-0.05, 0) is 24.7 Å². The lowest BCUT2D eigenvalue weighted by atomic mass is 9.87. The number of hydrogen-bond donors (Lipinski definition) is 2. The van der Waals surface area contributed by atoms with E-state index in [9.17, 15) is 14.7 Å². The van der Waals surface area contributed by atoms with Crippen LogP contribution in [0.25, 0.3) is 0 Å². The van der Waals surface area contributed by atoms with Crippen LogP contribution in [0.5, 0.6) is 0 Å². The fourth-order valence-corrected chi connectivity index (χ4v) is 1.87. The molecule has 0 heterocycles. The summed E-state index contributed by atoms with van der Waals surface area (Å²) in [6.45, 7) is 12.3. The number of carboxylic acids is 1. The SMILES string of the molecule is C=CCCCN(CCC)C(=O)N[C@H](C(=O)O)C(C)(C)C. The third-order valence-electron chi connectivity index (χ3n) is 3.00. The van der Waals surface area contributed by atoms with Crippen LogP contribution in [0.4, 0.5) is 4.79 Å². The maximum atomic E-state index is 12.2. The van der Waals surface area contributed by atoms with Gasteiger partial charge in [-0.2, -0.15) is 0 Å². The third kappa shape index (κ3) is 6.59. The van der Waals surface area contributed by atoms with Gasteiger partial charge in [0.2, 0.25) is 0 Å². The second kappa shape index (κ2) is 8.61. The number of hydrogen-bond acceptors (Lipinski definition) is 2. The Bertz CT molecular complexity index is 335. The highest BCUT2D eigenvalue weighted by Crippen LogP contribution is 2.19. The molecule has 0 aromatic carbocycles. The van der Waals surface area contributed by atoms with Crippen LogP contribution in [0.2, 0.25) is 0 Å². The molecule has 0 radical (unpaired) electrons. The predicted molar refractivity (Wildman–Crippen MR) is 80.7 cm³/mol. The monoisotopic (exact) mass is 284 g/mol. The summed E-state index contributed by atoms with van der Waals surface area (Å²) in [5.41, 5.74) is -0.527. The number of unbranched alkanes of at least 4 members (excludes halogenated alkanes) is 1. The molecule has 0 unspecified atom stereocenters. The molecular weight excluding hydrogens is 256 g/mol. The molecule has 0 bridgehead atoms. The zero-order valence-corrected chi connectivity index (χ0v) is 13.1. The minimum absolute atomic E-state index is 0.307. The van der Waals surface area contributed by atoms with Crippen LogP contribution in [-0.2, 0) is 4.79 Å². The van der Waals surface area contributed by atoms with Crippen LogP contribution in [0.1, 0.15) is 47.0 Å². The largest absolute Gasteiger partial charge is 0.480 e. The first-order valence-corrected chi connectivity index (χ1v) is 7.13. The number of carboxylic acid groups (broad SMARTS) is 1. The normalized spacial score (nSPS) is 12.6. The Balaban J connectivity index is 4.70. The van der Waals surface area contributed by atoms with Gasteiger partial charge in [-0.3, -0.25) is 0 Å². The molecular formula is C15H28N2O3. The molecule has 0 spiro atoms. The van der Waals surface area contributed by atoms with Crippen LogP contribution >= 0.6 is 0 Å². The van der Waals surface area contributed by atoms with Crippen molar-refractivity contribution in [3.8, 4) is 0 Å². The summed E-state index contributed by atoms with van der Waals surface area (Å²) in [4.78, 5) is 25.2. The summed E-state index contributed by atoms with van der Waals surface area (Å²) >= 11 is 0. The standard InChI is InChI=1S/C15H28N2O3/c1-6-8-9-11-17(10-7-2)14(20)16-12(13(18)19)15(3,4)5/h6,12H,1,7-11H2,2-5H3,(H,16,20)(H,18,19)/t12-/m1/s1. The summed E-state index contributed by atoms with van der Waals surface area (Å²) in [6, 6.07) is -1.20. The lowest BCUT2D eigenvalue weighted by Crippen LogP contribution is -2.53. The number of carbonyl (C=O) groups is 2. The molecule has 116 valence electrons. The molecule has 0 aromatic heterocycles. The number of rotatable bonds is 8. The predicted octanol–water partition coefficient (Wildman–Crippen LogP) is 2.87. The number of allylic oxidation sites excluding steroid dienone is 1. The lowest BCUT2D eigenvalue weighted by Gasteiger charge is -2.31. The van der Waals surface area contributed by atoms with E-state index < -0.39 is 17.4 Å². The first-order valence-electron chi connectivity index (χ1n) is 7.13. The van der Waals surface area contributed by atoms with Crippen molar-refractivity contribution >= 4 is 12.0 Å². The van der Waals surface area contributed by atoms with Gasteiger partial charge < -0.3 is 15.3 Å². The van der Waals surface area contributed by atoms with Crippen molar-refractivity contribution in [2.75, 3.05) is 13.1 Å². The average molecular weight is 284 g/mol. The number of carbonyl (C=O) groups excluding carboxylic acids is 1. The first-order chi connectivity index (χ1) is 9.23. The Morgan fingerprint density at radius 2 is 1.95 bits per heavy atom. The lowest BCUT2D eigenvalue weighted by molar-refractivity contribution is -0.142. The van der Waals surface area contributed by atoms with Gasteiger partial charge in [-0.25, -0.2) is 9.59 Å². The molecule has 0 aliphatic carbocycles. The van der Waals surface area contributed by atoms with Gasteiger partial charge in [-0.1, -0.05) is 33.8 Å². The fourth-order valence-electron chi connectivity index (χ4n) is 1.87. The smallest absolute Gasteiger partial charge is 0.326 e. The third-order valence-corrected chi connectivity index (χ3v) is 3.00. The van der Waals surface area contributed by atoms with E-state index in [2.05, 4.69) is 11.9 Å². The van der Waals surface area contributed by atoms with Crippen LogP contribution in [0, 0.1) is 5.41 Å². The Morgan fingerprint density at radius 3 is 2.35 bits per heavy atom. The number of urea groups is 1. The zero-order chi connectivity index (χ0) is 15.8. The molecule has 1 atom stereocenters. The molecule has 0 aliphatic heterocycles. The second-order valence-corrected chi connectivity index (χ2v) is 6.00. The van der Waals surface area contributed by atoms with E-state index in [0.29, 0.717) is 13.1 Å². The molecule has 0 saturated heterocycles. The maximum Gasteiger partial charge on any atom is 0.326 e. The molecule has 0 aliphatic rings. The molecule has 0 rings (SSSR count). The molecule has 20 heavy (non-hydrogen) atoms. The van der Waals surface area contributed by atoms with Crippen molar-refractivity contribution in [2.24, 2.45) is 5.41 Å². The van der Waals surface area contributed by atoms with Crippen LogP contribution in [0.3, 0.4) is 0 Å². The summed E-state index contributed by atoms with van der Waals surface area (Å²) in [7, 11) is 0. The zero-order valence-electron chi connectivity index (χ0n) is 13.1. The minimum Gasteiger partial charge on any atom is -0.480 e. The molecule has 5 heteroatoms. The van der Waals surface area contributed by atoms with Crippen LogP contribution in [-0.4, -0.2) is 41.1 Å². The molecule has 0 aromatic rings. The first kappa shape index (κ1) is 18.5. The highest BCUT2D eigenvalue weighted by atomic mass is 16.4. The van der Waals surface area contributed by atoms with E-state index in [4.69, 9.17) is 0 Å². The topological polar surface area (TPSA) is 69.6 Å². The molecule has 2 amide bonds. The Hall–Kier alpha value is -1.52. The van der Waals surface area contributed by atoms with E-state index >= 15 is 0 Å². The number of nitrogens with one attached hydrogen (secondary N) is 1. The summed E-state index contributed by atoms with van der Waals surface area (Å²) in [6.07, 6.45) is 4.34. The van der Waals surface area contributed by atoms with E-state index in [0.717, 1.165) is 19.3 Å².